The molecule has 4 N–H and O–H groups in total. The van der Waals surface area contributed by atoms with E-state index in [-0.39, 0.29) is 10.6 Å². The van der Waals surface area contributed by atoms with Crippen LogP contribution in [0.15, 0.2) is 47.4 Å². The molecule has 0 radical (unpaired) electrons. The summed E-state index contributed by atoms with van der Waals surface area (Å²) in [4.78, 5) is 0.0568. The van der Waals surface area contributed by atoms with Gasteiger partial charge in [-0.25, -0.2) is 17.9 Å². The van der Waals surface area contributed by atoms with E-state index in [9.17, 15) is 17.9 Å². The van der Waals surface area contributed by atoms with Crippen LogP contribution >= 0.6 is 0 Å². The molecule has 7 heteroatoms. The van der Waals surface area contributed by atoms with Gasteiger partial charge in [-0.2, -0.15) is 0 Å². The van der Waals surface area contributed by atoms with Crippen molar-refractivity contribution in [3.05, 3.63) is 59.4 Å². The molecule has 0 atom stereocenters. The van der Waals surface area contributed by atoms with Crippen LogP contribution in [0.4, 0.5) is 4.39 Å². The van der Waals surface area contributed by atoms with Crippen LogP contribution in [0, 0.1) is 5.82 Å². The van der Waals surface area contributed by atoms with E-state index in [4.69, 9.17) is 5.14 Å². The quantitative estimate of drug-likeness (QED) is 0.779. The van der Waals surface area contributed by atoms with E-state index in [1.54, 1.807) is 12.1 Å². The third-order valence-electron chi connectivity index (χ3n) is 2.85. The number of phenolic OH excluding ortho intramolecular Hbond substituents is 1. The molecule has 2 aromatic carbocycles. The van der Waals surface area contributed by atoms with Crippen molar-refractivity contribution in [3.8, 4) is 5.75 Å². The third-order valence-corrected chi connectivity index (χ3v) is 3.78. The van der Waals surface area contributed by atoms with Crippen LogP contribution in [0.2, 0.25) is 0 Å². The normalized spacial score (nSPS) is 11.5. The number of phenols is 1. The Kier molecular flexibility index (Phi) is 4.56. The Morgan fingerprint density at radius 1 is 1.05 bits per heavy atom. The number of nitrogens with one attached hydrogen (secondary N) is 1. The predicted octanol–water partition coefficient (Wildman–Crippen LogP) is 1.47. The summed E-state index contributed by atoms with van der Waals surface area (Å²) in [6.07, 6.45) is 0. The zero-order valence-electron chi connectivity index (χ0n) is 11.1. The number of rotatable bonds is 5. The van der Waals surface area contributed by atoms with Gasteiger partial charge in [0, 0.05) is 19.2 Å². The van der Waals surface area contributed by atoms with Gasteiger partial charge >= 0.3 is 0 Å². The van der Waals surface area contributed by atoms with Crippen molar-refractivity contribution in [1.82, 2.24) is 5.32 Å². The minimum absolute atomic E-state index is 0.0568. The summed E-state index contributed by atoms with van der Waals surface area (Å²) in [5.41, 5.74) is 1.48. The number of hydrogen-bond donors (Lipinski definition) is 3. The molecule has 5 nitrogen and oxygen atoms in total. The van der Waals surface area contributed by atoms with Crippen LogP contribution in [-0.4, -0.2) is 13.5 Å². The number of aromatic hydroxyl groups is 1. The van der Waals surface area contributed by atoms with Crippen molar-refractivity contribution >= 4 is 10.0 Å². The zero-order valence-corrected chi connectivity index (χ0v) is 11.9. The molecule has 21 heavy (non-hydrogen) atoms. The van der Waals surface area contributed by atoms with Crippen molar-refractivity contribution in [2.24, 2.45) is 5.14 Å². The first-order chi connectivity index (χ1) is 9.84. The minimum atomic E-state index is -3.68. The molecule has 0 heterocycles. The minimum Gasteiger partial charge on any atom is -0.508 e. The van der Waals surface area contributed by atoms with Gasteiger partial charge in [0.2, 0.25) is 10.0 Å². The summed E-state index contributed by atoms with van der Waals surface area (Å²) in [5, 5.41) is 17.4. The molecular weight excluding hydrogens is 295 g/mol. The Hall–Kier alpha value is -1.96. The molecule has 0 aromatic heterocycles. The second kappa shape index (κ2) is 6.21. The Bertz CT molecular complexity index is 710. The molecule has 0 unspecified atom stereocenters. The van der Waals surface area contributed by atoms with Crippen LogP contribution in [0.25, 0.3) is 0 Å². The zero-order chi connectivity index (χ0) is 15.5. The average molecular weight is 310 g/mol. The van der Waals surface area contributed by atoms with Gasteiger partial charge in [0.15, 0.2) is 0 Å². The Labute approximate surface area is 122 Å². The highest BCUT2D eigenvalue weighted by molar-refractivity contribution is 7.89. The van der Waals surface area contributed by atoms with Crippen LogP contribution in [0.5, 0.6) is 5.75 Å². The van der Waals surface area contributed by atoms with E-state index < -0.39 is 15.8 Å². The van der Waals surface area contributed by atoms with E-state index in [0.29, 0.717) is 18.7 Å². The first kappa shape index (κ1) is 15.4. The largest absolute Gasteiger partial charge is 0.508 e. The van der Waals surface area contributed by atoms with Gasteiger partial charge in [-0.1, -0.05) is 12.1 Å². The highest BCUT2D eigenvalue weighted by Gasteiger charge is 2.06. The first-order valence-corrected chi connectivity index (χ1v) is 7.70. The number of benzene rings is 2. The Morgan fingerprint density at radius 3 is 2.24 bits per heavy atom. The molecule has 0 bridgehead atoms. The fourth-order valence-electron chi connectivity index (χ4n) is 1.88. The summed E-state index contributed by atoms with van der Waals surface area (Å²) < 4.78 is 35.3. The molecule has 0 spiro atoms. The Morgan fingerprint density at radius 2 is 1.67 bits per heavy atom. The van der Waals surface area contributed by atoms with Gasteiger partial charge in [0.05, 0.1) is 4.90 Å². The van der Waals surface area contributed by atoms with Gasteiger partial charge < -0.3 is 10.4 Å². The van der Waals surface area contributed by atoms with Crippen molar-refractivity contribution in [2.75, 3.05) is 0 Å². The number of hydrogen-bond acceptors (Lipinski definition) is 4. The maximum absolute atomic E-state index is 13.1. The summed E-state index contributed by atoms with van der Waals surface area (Å²) in [7, 11) is -3.68. The average Bonchev–Trinajstić information content (AvgIpc) is 2.37. The second-order valence-electron chi connectivity index (χ2n) is 4.61. The van der Waals surface area contributed by atoms with Gasteiger partial charge in [-0.3, -0.25) is 0 Å². The molecule has 0 aliphatic heterocycles. The van der Waals surface area contributed by atoms with E-state index in [2.05, 4.69) is 5.32 Å². The fourth-order valence-corrected chi connectivity index (χ4v) is 2.40. The van der Waals surface area contributed by atoms with Crippen molar-refractivity contribution in [2.45, 2.75) is 18.0 Å². The lowest BCUT2D eigenvalue weighted by Gasteiger charge is -2.07. The first-order valence-electron chi connectivity index (χ1n) is 6.15. The van der Waals surface area contributed by atoms with Crippen LogP contribution in [-0.2, 0) is 23.1 Å². The van der Waals surface area contributed by atoms with E-state index >= 15 is 0 Å². The molecule has 0 aliphatic carbocycles. The van der Waals surface area contributed by atoms with Crippen molar-refractivity contribution in [3.63, 3.8) is 0 Å². The van der Waals surface area contributed by atoms with Gasteiger partial charge in [0.1, 0.15) is 11.6 Å². The standard InChI is InChI=1S/C14H15FN2O3S/c15-12-5-11(6-13(18)7-12)9-17-8-10-1-3-14(4-2-10)21(16,19)20/h1-7,17-18H,8-9H2,(H2,16,19,20). The summed E-state index contributed by atoms with van der Waals surface area (Å²) >= 11 is 0. The third kappa shape index (κ3) is 4.52. The second-order valence-corrected chi connectivity index (χ2v) is 6.17. The lowest BCUT2D eigenvalue weighted by atomic mass is 10.2. The summed E-state index contributed by atoms with van der Waals surface area (Å²) in [6, 6.07) is 10.00. The topological polar surface area (TPSA) is 92.4 Å². The van der Waals surface area contributed by atoms with Crippen LogP contribution in [0.3, 0.4) is 0 Å². The molecule has 0 saturated carbocycles. The maximum Gasteiger partial charge on any atom is 0.238 e. The van der Waals surface area contributed by atoms with E-state index in [0.717, 1.165) is 11.6 Å². The van der Waals surface area contributed by atoms with Crippen molar-refractivity contribution < 1.29 is 17.9 Å². The predicted molar refractivity (Wildman–Crippen MR) is 76.4 cm³/mol. The molecular formula is C14H15FN2O3S. The fraction of sp³-hybridized carbons (Fsp3) is 0.143. The number of primary sulfonamides is 1. The summed E-state index contributed by atoms with van der Waals surface area (Å²) in [5.74, 6) is -0.617. The molecule has 112 valence electrons. The number of halogens is 1. The van der Waals surface area contributed by atoms with Gasteiger partial charge in [-0.05, 0) is 35.4 Å². The van der Waals surface area contributed by atoms with Crippen molar-refractivity contribution in [1.29, 1.82) is 0 Å². The molecule has 0 saturated heterocycles. The SMILES string of the molecule is NS(=O)(=O)c1ccc(CNCc2cc(O)cc(F)c2)cc1. The monoisotopic (exact) mass is 310 g/mol. The number of nitrogens with two attached hydrogens (primary N) is 1. The van der Waals surface area contributed by atoms with Crippen LogP contribution in [0.1, 0.15) is 11.1 Å². The van der Waals surface area contributed by atoms with Gasteiger partial charge in [-0.15, -0.1) is 0 Å². The van der Waals surface area contributed by atoms with E-state index in [1.165, 1.54) is 24.3 Å². The number of sulfonamides is 1. The summed E-state index contributed by atoms with van der Waals surface area (Å²) in [6.45, 7) is 0.852. The lowest BCUT2D eigenvalue weighted by Crippen LogP contribution is -2.14. The molecule has 2 rings (SSSR count). The maximum atomic E-state index is 13.1. The smallest absolute Gasteiger partial charge is 0.238 e. The highest BCUT2D eigenvalue weighted by atomic mass is 32.2. The molecule has 0 aliphatic rings. The van der Waals surface area contributed by atoms with E-state index in [1.807, 2.05) is 0 Å². The molecule has 0 fully saturated rings. The highest BCUT2D eigenvalue weighted by Crippen LogP contribution is 2.14. The van der Waals surface area contributed by atoms with Crippen LogP contribution < -0.4 is 10.5 Å². The molecule has 0 amide bonds. The molecule has 2 aromatic rings. The van der Waals surface area contributed by atoms with Gasteiger partial charge in [0.25, 0.3) is 0 Å². The Balaban J connectivity index is 1.94. The lowest BCUT2D eigenvalue weighted by molar-refractivity contribution is 0.467.